The molecule has 3 heteroatoms. The fourth-order valence-electron chi connectivity index (χ4n) is 1.42. The van der Waals surface area contributed by atoms with E-state index in [1.807, 2.05) is 0 Å². The maximum atomic E-state index is 5.99. The van der Waals surface area contributed by atoms with Crippen LogP contribution in [-0.2, 0) is 5.41 Å². The Morgan fingerprint density at radius 1 is 1.67 bits per heavy atom. The summed E-state index contributed by atoms with van der Waals surface area (Å²) < 4.78 is 0. The smallest absolute Gasteiger partial charge is 0.0545 e. The van der Waals surface area contributed by atoms with E-state index >= 15 is 0 Å². The highest BCUT2D eigenvalue weighted by Gasteiger charge is 2.44. The Balaban J connectivity index is 2.34. The molecule has 66 valence electrons. The van der Waals surface area contributed by atoms with Gasteiger partial charge in [0.1, 0.15) is 0 Å². The summed E-state index contributed by atoms with van der Waals surface area (Å²) in [5, 5.41) is 0.898. The van der Waals surface area contributed by atoms with Gasteiger partial charge in [0.2, 0.25) is 0 Å². The van der Waals surface area contributed by atoms with Crippen LogP contribution < -0.4 is 5.73 Å². The molecule has 1 aromatic rings. The molecule has 0 atom stereocenters. The minimum absolute atomic E-state index is 0.308. The molecule has 1 saturated carbocycles. The maximum absolute atomic E-state index is 5.99. The van der Waals surface area contributed by atoms with Gasteiger partial charge in [0.25, 0.3) is 0 Å². The van der Waals surface area contributed by atoms with Crippen LogP contribution in [0.5, 0.6) is 0 Å². The number of hydrogen-bond donors (Lipinski definition) is 1. The second kappa shape index (κ2) is 2.72. The fraction of sp³-hybridized carbons (Fsp3) is 0.556. The molecule has 0 saturated heterocycles. The summed E-state index contributed by atoms with van der Waals surface area (Å²) in [5.41, 5.74) is 6.03. The molecule has 12 heavy (non-hydrogen) atoms. The molecule has 1 fully saturated rings. The summed E-state index contributed by atoms with van der Waals surface area (Å²) >= 11 is 7.79. The minimum atomic E-state index is 0.308. The molecule has 0 spiro atoms. The van der Waals surface area contributed by atoms with Gasteiger partial charge in [0.05, 0.1) is 5.02 Å². The maximum Gasteiger partial charge on any atom is 0.0545 e. The third kappa shape index (κ3) is 1.18. The van der Waals surface area contributed by atoms with Gasteiger partial charge in [-0.1, -0.05) is 11.6 Å². The van der Waals surface area contributed by atoms with E-state index in [1.165, 1.54) is 22.6 Å². The molecule has 1 aromatic heterocycles. The first kappa shape index (κ1) is 8.54. The molecule has 0 unspecified atom stereocenters. The molecular weight excluding hydrogens is 190 g/mol. The lowest BCUT2D eigenvalue weighted by atomic mass is 10.1. The van der Waals surface area contributed by atoms with Gasteiger partial charge in [-0.2, -0.15) is 0 Å². The van der Waals surface area contributed by atoms with Crippen molar-refractivity contribution < 1.29 is 0 Å². The highest BCUT2D eigenvalue weighted by Crippen LogP contribution is 2.50. The van der Waals surface area contributed by atoms with E-state index < -0.39 is 0 Å². The Morgan fingerprint density at radius 3 is 2.67 bits per heavy atom. The average Bonchev–Trinajstić information content (AvgIpc) is 2.77. The minimum Gasteiger partial charge on any atom is -0.330 e. The van der Waals surface area contributed by atoms with Crippen LogP contribution in [0, 0.1) is 6.92 Å². The lowest BCUT2D eigenvalue weighted by Crippen LogP contribution is -2.18. The number of aryl methyl sites for hydroxylation is 1. The number of rotatable bonds is 2. The van der Waals surface area contributed by atoms with Crippen molar-refractivity contribution in [2.45, 2.75) is 25.2 Å². The van der Waals surface area contributed by atoms with Crippen LogP contribution in [0.2, 0.25) is 5.02 Å². The molecule has 0 radical (unpaired) electrons. The third-order valence-electron chi connectivity index (χ3n) is 2.62. The molecule has 1 aliphatic carbocycles. The quantitative estimate of drug-likeness (QED) is 0.783. The van der Waals surface area contributed by atoms with Crippen molar-refractivity contribution in [3.05, 3.63) is 20.8 Å². The standard InChI is InChI=1S/C9H12ClNS/c1-6-7(10)4-8(12-6)9(5-11)2-3-9/h4H,2-3,5,11H2,1H3. The highest BCUT2D eigenvalue weighted by atomic mass is 35.5. The highest BCUT2D eigenvalue weighted by molar-refractivity contribution is 7.12. The van der Waals surface area contributed by atoms with Crippen LogP contribution in [0.15, 0.2) is 6.07 Å². The monoisotopic (exact) mass is 201 g/mol. The van der Waals surface area contributed by atoms with Gasteiger partial charge in [0, 0.05) is 21.7 Å². The molecular formula is C9H12ClNS. The zero-order chi connectivity index (χ0) is 8.77. The number of thiophene rings is 1. The summed E-state index contributed by atoms with van der Waals surface area (Å²) in [6, 6.07) is 2.08. The zero-order valence-corrected chi connectivity index (χ0v) is 8.63. The molecule has 1 nitrogen and oxygen atoms in total. The summed E-state index contributed by atoms with van der Waals surface area (Å²) in [5.74, 6) is 0. The molecule has 0 aromatic carbocycles. The first-order valence-electron chi connectivity index (χ1n) is 4.14. The second-order valence-corrected chi connectivity index (χ2v) is 5.16. The van der Waals surface area contributed by atoms with E-state index in [2.05, 4.69) is 13.0 Å². The van der Waals surface area contributed by atoms with Crippen molar-refractivity contribution in [2.24, 2.45) is 5.73 Å². The topological polar surface area (TPSA) is 26.0 Å². The van der Waals surface area contributed by atoms with Crippen molar-refractivity contribution in [2.75, 3.05) is 6.54 Å². The molecule has 2 N–H and O–H groups in total. The summed E-state index contributed by atoms with van der Waals surface area (Å²) in [6.45, 7) is 2.83. The van der Waals surface area contributed by atoms with Gasteiger partial charge in [-0.25, -0.2) is 0 Å². The average molecular weight is 202 g/mol. The third-order valence-corrected chi connectivity index (χ3v) is 4.43. The SMILES string of the molecule is Cc1sc(C2(CN)CC2)cc1Cl. The molecule has 2 rings (SSSR count). The van der Waals surface area contributed by atoms with Crippen LogP contribution in [0.1, 0.15) is 22.6 Å². The van der Waals surface area contributed by atoms with Crippen LogP contribution >= 0.6 is 22.9 Å². The van der Waals surface area contributed by atoms with Gasteiger partial charge in [-0.05, 0) is 25.8 Å². The van der Waals surface area contributed by atoms with E-state index in [9.17, 15) is 0 Å². The van der Waals surface area contributed by atoms with Crippen LogP contribution in [0.25, 0.3) is 0 Å². The molecule has 1 heterocycles. The predicted octanol–water partition coefficient (Wildman–Crippen LogP) is 2.70. The Bertz CT molecular complexity index is 282. The van der Waals surface area contributed by atoms with Gasteiger partial charge in [0.15, 0.2) is 0 Å². The normalized spacial score (nSPS) is 19.6. The van der Waals surface area contributed by atoms with Crippen molar-refractivity contribution in [3.63, 3.8) is 0 Å². The number of nitrogens with two attached hydrogens (primary N) is 1. The molecule has 0 amide bonds. The summed E-state index contributed by atoms with van der Waals surface area (Å²) in [6.07, 6.45) is 2.47. The first-order valence-corrected chi connectivity index (χ1v) is 5.34. The van der Waals surface area contributed by atoms with E-state index in [0.29, 0.717) is 5.41 Å². The van der Waals surface area contributed by atoms with E-state index in [1.54, 1.807) is 11.3 Å². The van der Waals surface area contributed by atoms with E-state index in [-0.39, 0.29) is 0 Å². The Morgan fingerprint density at radius 2 is 2.33 bits per heavy atom. The van der Waals surface area contributed by atoms with E-state index in [4.69, 9.17) is 17.3 Å². The Hall–Kier alpha value is -0.0500. The summed E-state index contributed by atoms with van der Waals surface area (Å²) in [7, 11) is 0. The largest absolute Gasteiger partial charge is 0.330 e. The first-order chi connectivity index (χ1) is 5.68. The molecule has 1 aliphatic rings. The number of halogens is 1. The van der Waals surface area contributed by atoms with Crippen molar-refractivity contribution >= 4 is 22.9 Å². The van der Waals surface area contributed by atoms with E-state index in [0.717, 1.165) is 11.6 Å². The fourth-order valence-corrected chi connectivity index (χ4v) is 2.88. The van der Waals surface area contributed by atoms with Crippen molar-refractivity contribution in [3.8, 4) is 0 Å². The second-order valence-electron chi connectivity index (χ2n) is 3.50. The predicted molar refractivity (Wildman–Crippen MR) is 54.0 cm³/mol. The summed E-state index contributed by atoms with van der Waals surface area (Å²) in [4.78, 5) is 2.60. The Kier molecular flexibility index (Phi) is 1.94. The zero-order valence-electron chi connectivity index (χ0n) is 7.06. The van der Waals surface area contributed by atoms with Crippen molar-refractivity contribution in [1.29, 1.82) is 0 Å². The van der Waals surface area contributed by atoms with Gasteiger partial charge < -0.3 is 5.73 Å². The van der Waals surface area contributed by atoms with Gasteiger partial charge in [-0.3, -0.25) is 0 Å². The van der Waals surface area contributed by atoms with Gasteiger partial charge >= 0.3 is 0 Å². The molecule has 0 bridgehead atoms. The Labute approximate surface area is 81.5 Å². The van der Waals surface area contributed by atoms with Crippen LogP contribution in [0.3, 0.4) is 0 Å². The van der Waals surface area contributed by atoms with Gasteiger partial charge in [-0.15, -0.1) is 11.3 Å². The molecule has 0 aliphatic heterocycles. The lowest BCUT2D eigenvalue weighted by molar-refractivity contribution is 0.720. The van der Waals surface area contributed by atoms with Crippen LogP contribution in [0.4, 0.5) is 0 Å². The van der Waals surface area contributed by atoms with Crippen molar-refractivity contribution in [1.82, 2.24) is 0 Å². The lowest BCUT2D eigenvalue weighted by Gasteiger charge is -2.07. The number of hydrogen-bond acceptors (Lipinski definition) is 2. The van der Waals surface area contributed by atoms with Crippen LogP contribution in [-0.4, -0.2) is 6.54 Å².